The summed E-state index contributed by atoms with van der Waals surface area (Å²) >= 11 is 0. The summed E-state index contributed by atoms with van der Waals surface area (Å²) in [6.07, 6.45) is 2.73. The highest BCUT2D eigenvalue weighted by Crippen LogP contribution is 1.96. The molecule has 0 aliphatic heterocycles. The third-order valence-corrected chi connectivity index (χ3v) is 1.36. The maximum absolute atomic E-state index is 10.3. The Bertz CT molecular complexity index is 244. The number of hydrogen-bond donors (Lipinski definition) is 0. The molecule has 1 rings (SSSR count). The summed E-state index contributed by atoms with van der Waals surface area (Å²) in [5, 5.41) is 7.61. The van der Waals surface area contributed by atoms with Crippen molar-refractivity contribution >= 4 is 6.29 Å². The van der Waals surface area contributed by atoms with Gasteiger partial charge in [0, 0.05) is 12.1 Å². The lowest BCUT2D eigenvalue weighted by molar-refractivity contribution is -0.111. The molecule has 11 heavy (non-hydrogen) atoms. The summed E-state index contributed by atoms with van der Waals surface area (Å²) in [5.74, 6) is 0.0103. The second-order valence-electron chi connectivity index (χ2n) is 2.70. The molecule has 0 bridgehead atoms. The van der Waals surface area contributed by atoms with Crippen LogP contribution in [0.2, 0.25) is 0 Å². The quantitative estimate of drug-likeness (QED) is 0.591. The first-order valence-corrected chi connectivity index (χ1v) is 3.54. The van der Waals surface area contributed by atoms with E-state index in [0.29, 0.717) is 6.54 Å². The van der Waals surface area contributed by atoms with Crippen LogP contribution in [0.5, 0.6) is 0 Å². The van der Waals surface area contributed by atoms with Gasteiger partial charge in [0.05, 0.1) is 12.2 Å². The lowest BCUT2D eigenvalue weighted by atomic mass is 10.2. The van der Waals surface area contributed by atoms with Crippen LogP contribution in [0.15, 0.2) is 6.20 Å². The number of carbonyl (C=O) groups is 1. The van der Waals surface area contributed by atoms with Crippen LogP contribution in [0.3, 0.4) is 0 Å². The van der Waals surface area contributed by atoms with Gasteiger partial charge in [0.1, 0.15) is 6.29 Å². The van der Waals surface area contributed by atoms with Crippen molar-refractivity contribution < 1.29 is 4.79 Å². The molecule has 1 heterocycles. The van der Waals surface area contributed by atoms with Gasteiger partial charge in [0.2, 0.25) is 0 Å². The molecule has 0 N–H and O–H groups in total. The van der Waals surface area contributed by atoms with Crippen molar-refractivity contribution in [3.8, 4) is 0 Å². The Kier molecular flexibility index (Phi) is 2.36. The largest absolute Gasteiger partial charge is 0.303 e. The molecule has 0 fully saturated rings. The molecular weight excluding hydrogens is 142 g/mol. The lowest BCUT2D eigenvalue weighted by Gasteiger charge is -2.00. The zero-order valence-electron chi connectivity index (χ0n) is 6.69. The monoisotopic (exact) mass is 153 g/mol. The van der Waals surface area contributed by atoms with Crippen molar-refractivity contribution in [2.24, 2.45) is 5.92 Å². The van der Waals surface area contributed by atoms with E-state index in [0.717, 1.165) is 12.0 Å². The van der Waals surface area contributed by atoms with E-state index in [2.05, 4.69) is 10.3 Å². The minimum Gasteiger partial charge on any atom is -0.303 e. The van der Waals surface area contributed by atoms with Gasteiger partial charge in [-0.2, -0.15) is 0 Å². The fraction of sp³-hybridized carbons (Fsp3) is 0.571. The SMILES string of the molecule is Cc1cn(CC(C)C=O)nn1. The molecule has 4 nitrogen and oxygen atoms in total. The smallest absolute Gasteiger partial charge is 0.124 e. The fourth-order valence-corrected chi connectivity index (χ4v) is 0.823. The average Bonchev–Trinajstić information content (AvgIpc) is 2.35. The molecular formula is C7H11N3O. The molecule has 0 saturated carbocycles. The topological polar surface area (TPSA) is 47.8 Å². The zero-order valence-corrected chi connectivity index (χ0v) is 6.69. The van der Waals surface area contributed by atoms with Crippen molar-refractivity contribution in [2.75, 3.05) is 0 Å². The summed E-state index contributed by atoms with van der Waals surface area (Å²) in [7, 11) is 0. The van der Waals surface area contributed by atoms with Crippen molar-refractivity contribution in [3.63, 3.8) is 0 Å². The average molecular weight is 153 g/mol. The number of carbonyl (C=O) groups excluding carboxylic acids is 1. The molecule has 4 heteroatoms. The van der Waals surface area contributed by atoms with Gasteiger partial charge in [-0.1, -0.05) is 12.1 Å². The van der Waals surface area contributed by atoms with Crippen LogP contribution in [-0.4, -0.2) is 21.3 Å². The maximum Gasteiger partial charge on any atom is 0.124 e. The van der Waals surface area contributed by atoms with E-state index in [-0.39, 0.29) is 5.92 Å². The minimum absolute atomic E-state index is 0.0103. The zero-order chi connectivity index (χ0) is 8.27. The highest BCUT2D eigenvalue weighted by molar-refractivity contribution is 5.52. The Balaban J connectivity index is 2.57. The molecule has 60 valence electrons. The Morgan fingerprint density at radius 3 is 3.00 bits per heavy atom. The molecule has 0 radical (unpaired) electrons. The van der Waals surface area contributed by atoms with Gasteiger partial charge in [-0.05, 0) is 6.92 Å². The van der Waals surface area contributed by atoms with Crippen LogP contribution < -0.4 is 0 Å². The standard InChI is InChI=1S/C7H11N3O/c1-6(5-11)3-10-4-7(2)8-9-10/h4-6H,3H2,1-2H3. The second kappa shape index (κ2) is 3.27. The molecule has 0 saturated heterocycles. The number of hydrogen-bond acceptors (Lipinski definition) is 3. The van der Waals surface area contributed by atoms with E-state index in [1.807, 2.05) is 20.0 Å². The number of aryl methyl sites for hydroxylation is 1. The molecule has 0 spiro atoms. The number of aldehydes is 1. The third kappa shape index (κ3) is 2.14. The molecule has 0 aliphatic rings. The number of rotatable bonds is 3. The van der Waals surface area contributed by atoms with Crippen LogP contribution in [-0.2, 0) is 11.3 Å². The van der Waals surface area contributed by atoms with Crippen LogP contribution in [0, 0.1) is 12.8 Å². The highest BCUT2D eigenvalue weighted by atomic mass is 16.1. The van der Waals surface area contributed by atoms with Gasteiger partial charge in [0.25, 0.3) is 0 Å². The normalized spacial score (nSPS) is 12.9. The fourth-order valence-electron chi connectivity index (χ4n) is 0.823. The van der Waals surface area contributed by atoms with E-state index in [1.165, 1.54) is 0 Å². The molecule has 0 aliphatic carbocycles. The van der Waals surface area contributed by atoms with Gasteiger partial charge >= 0.3 is 0 Å². The summed E-state index contributed by atoms with van der Waals surface area (Å²) in [6.45, 7) is 4.34. The second-order valence-corrected chi connectivity index (χ2v) is 2.70. The van der Waals surface area contributed by atoms with Gasteiger partial charge < -0.3 is 4.79 Å². The Labute approximate surface area is 65.2 Å². The van der Waals surface area contributed by atoms with E-state index >= 15 is 0 Å². The first-order valence-electron chi connectivity index (χ1n) is 3.54. The maximum atomic E-state index is 10.3. The summed E-state index contributed by atoms with van der Waals surface area (Å²) in [4.78, 5) is 10.3. The predicted octanol–water partition coefficient (Wildman–Crippen LogP) is 0.422. The van der Waals surface area contributed by atoms with Crippen molar-refractivity contribution in [3.05, 3.63) is 11.9 Å². The number of nitrogens with zero attached hydrogens (tertiary/aromatic N) is 3. The van der Waals surface area contributed by atoms with Gasteiger partial charge in [-0.3, -0.25) is 4.68 Å². The minimum atomic E-state index is 0.0103. The van der Waals surface area contributed by atoms with Crippen LogP contribution in [0.4, 0.5) is 0 Å². The van der Waals surface area contributed by atoms with Crippen molar-refractivity contribution in [1.82, 2.24) is 15.0 Å². The molecule has 1 aromatic heterocycles. The third-order valence-electron chi connectivity index (χ3n) is 1.36. The van der Waals surface area contributed by atoms with E-state index in [4.69, 9.17) is 0 Å². The Hall–Kier alpha value is -1.19. The summed E-state index contributed by atoms with van der Waals surface area (Å²) in [5.41, 5.74) is 0.878. The van der Waals surface area contributed by atoms with E-state index in [9.17, 15) is 4.79 Å². The first-order chi connectivity index (χ1) is 5.22. The highest BCUT2D eigenvalue weighted by Gasteiger charge is 2.01. The number of aromatic nitrogens is 3. The molecule has 1 unspecified atom stereocenters. The summed E-state index contributed by atoms with van der Waals surface area (Å²) < 4.78 is 1.68. The van der Waals surface area contributed by atoms with Crippen molar-refractivity contribution in [2.45, 2.75) is 20.4 Å². The summed E-state index contributed by atoms with van der Waals surface area (Å²) in [6, 6.07) is 0. The van der Waals surface area contributed by atoms with E-state index < -0.39 is 0 Å². The van der Waals surface area contributed by atoms with Gasteiger partial charge in [0.15, 0.2) is 0 Å². The Morgan fingerprint density at radius 2 is 2.55 bits per heavy atom. The van der Waals surface area contributed by atoms with Crippen LogP contribution >= 0.6 is 0 Å². The molecule has 1 aromatic rings. The van der Waals surface area contributed by atoms with Gasteiger partial charge in [-0.15, -0.1) is 5.10 Å². The van der Waals surface area contributed by atoms with E-state index in [1.54, 1.807) is 4.68 Å². The molecule has 0 amide bonds. The Morgan fingerprint density at radius 1 is 1.82 bits per heavy atom. The van der Waals surface area contributed by atoms with Gasteiger partial charge in [-0.25, -0.2) is 0 Å². The molecule has 1 atom stereocenters. The van der Waals surface area contributed by atoms with Crippen LogP contribution in [0.25, 0.3) is 0 Å². The van der Waals surface area contributed by atoms with Crippen LogP contribution in [0.1, 0.15) is 12.6 Å². The van der Waals surface area contributed by atoms with Crippen molar-refractivity contribution in [1.29, 1.82) is 0 Å². The first kappa shape index (κ1) is 7.91. The predicted molar refractivity (Wildman–Crippen MR) is 40.0 cm³/mol. The molecule has 0 aromatic carbocycles. The lowest BCUT2D eigenvalue weighted by Crippen LogP contribution is -2.08.